The van der Waals surface area contributed by atoms with Crippen molar-refractivity contribution in [3.8, 4) is 11.1 Å². The smallest absolute Gasteiger partial charge is 0.154 e. The van der Waals surface area contributed by atoms with Crippen molar-refractivity contribution >= 4 is 22.1 Å². The van der Waals surface area contributed by atoms with Gasteiger partial charge in [0.25, 0.3) is 0 Å². The van der Waals surface area contributed by atoms with Crippen LogP contribution in [0, 0.1) is 19.7 Å². The summed E-state index contributed by atoms with van der Waals surface area (Å²) in [6, 6.07) is 3.64. The number of nitrogens with one attached hydrogen (secondary N) is 1. The fourth-order valence-corrected chi connectivity index (χ4v) is 2.42. The lowest BCUT2D eigenvalue weighted by Crippen LogP contribution is -2.13. The summed E-state index contributed by atoms with van der Waals surface area (Å²) >= 11 is 0. The van der Waals surface area contributed by atoms with E-state index < -0.39 is 5.82 Å². The molecule has 0 atom stereocenters. The fraction of sp³-hybridized carbons (Fsp3) is 0.176. The standard InChI is InChI=1S/C16H15FN4.CH6N2/c1-8-3-10-4-11(12-5-20-7-14(18)9(12)2)15(17)16(19)13(10)6-21-8;1-3-2/h3-7H,18-19H2,1-2H3;3H,2H2,1H3. The molecule has 0 radical (unpaired) electrons. The molecule has 3 aromatic rings. The molecule has 0 spiro atoms. The third kappa shape index (κ3) is 3.27. The number of nitrogen functional groups attached to an aromatic ring is 2. The number of rotatable bonds is 1. The second kappa shape index (κ2) is 7.20. The Hall–Kier alpha value is -2.77. The molecule has 0 amide bonds. The van der Waals surface area contributed by atoms with Gasteiger partial charge in [0.1, 0.15) is 0 Å². The average molecular weight is 328 g/mol. The summed E-state index contributed by atoms with van der Waals surface area (Å²) < 4.78 is 14.6. The highest BCUT2D eigenvalue weighted by Crippen LogP contribution is 2.35. The maximum Gasteiger partial charge on any atom is 0.154 e. The van der Waals surface area contributed by atoms with Crippen molar-refractivity contribution < 1.29 is 4.39 Å². The minimum absolute atomic E-state index is 0.0943. The predicted molar refractivity (Wildman–Crippen MR) is 96.5 cm³/mol. The van der Waals surface area contributed by atoms with Gasteiger partial charge < -0.3 is 11.5 Å². The van der Waals surface area contributed by atoms with E-state index in [-0.39, 0.29) is 5.69 Å². The Morgan fingerprint density at radius 3 is 2.38 bits per heavy atom. The molecule has 3 rings (SSSR count). The monoisotopic (exact) mass is 328 g/mol. The zero-order valence-electron chi connectivity index (χ0n) is 13.9. The van der Waals surface area contributed by atoms with E-state index in [0.717, 1.165) is 16.6 Å². The molecule has 0 fully saturated rings. The number of benzene rings is 1. The quantitative estimate of drug-likeness (QED) is 0.309. The number of hydrazine groups is 1. The molecular formula is C17H21FN6. The number of fused-ring (bicyclic) bond motifs is 1. The van der Waals surface area contributed by atoms with E-state index in [1.165, 1.54) is 0 Å². The Morgan fingerprint density at radius 1 is 1.04 bits per heavy atom. The molecule has 24 heavy (non-hydrogen) atoms. The number of aromatic nitrogens is 2. The van der Waals surface area contributed by atoms with Crippen LogP contribution in [0.2, 0.25) is 0 Å². The summed E-state index contributed by atoms with van der Waals surface area (Å²) in [6.45, 7) is 3.72. The lowest BCUT2D eigenvalue weighted by molar-refractivity contribution is 0.637. The number of hydrogen-bond acceptors (Lipinski definition) is 6. The zero-order valence-corrected chi connectivity index (χ0v) is 13.9. The molecule has 0 aliphatic heterocycles. The van der Waals surface area contributed by atoms with Crippen LogP contribution in [-0.4, -0.2) is 17.0 Å². The van der Waals surface area contributed by atoms with Crippen molar-refractivity contribution in [3.05, 3.63) is 47.8 Å². The van der Waals surface area contributed by atoms with Crippen molar-refractivity contribution in [1.82, 2.24) is 15.4 Å². The Bertz CT molecular complexity index is 879. The van der Waals surface area contributed by atoms with Gasteiger partial charge in [-0.2, -0.15) is 0 Å². The van der Waals surface area contributed by atoms with Crippen LogP contribution in [-0.2, 0) is 0 Å². The second-order valence-electron chi connectivity index (χ2n) is 5.39. The van der Waals surface area contributed by atoms with E-state index in [1.54, 1.807) is 31.7 Å². The molecule has 6 nitrogen and oxygen atoms in total. The molecule has 7 heteroatoms. The Balaban J connectivity index is 0.000000647. The number of pyridine rings is 2. The minimum atomic E-state index is -0.469. The molecule has 2 heterocycles. The third-order valence-electron chi connectivity index (χ3n) is 3.68. The molecule has 0 unspecified atom stereocenters. The van der Waals surface area contributed by atoms with Crippen LogP contribution in [0.15, 0.2) is 30.7 Å². The second-order valence-corrected chi connectivity index (χ2v) is 5.39. The number of hydrogen-bond donors (Lipinski definition) is 4. The molecule has 0 bridgehead atoms. The van der Waals surface area contributed by atoms with Gasteiger partial charge in [-0.15, -0.1) is 0 Å². The Kier molecular flexibility index (Phi) is 5.28. The van der Waals surface area contributed by atoms with Crippen LogP contribution >= 0.6 is 0 Å². The van der Waals surface area contributed by atoms with E-state index in [4.69, 9.17) is 11.5 Å². The fourth-order valence-electron chi connectivity index (χ4n) is 2.42. The van der Waals surface area contributed by atoms with Crippen LogP contribution in [0.25, 0.3) is 21.9 Å². The molecule has 0 saturated heterocycles. The molecule has 1 aromatic carbocycles. The molecule has 0 aliphatic carbocycles. The van der Waals surface area contributed by atoms with Gasteiger partial charge in [-0.1, -0.05) is 0 Å². The summed E-state index contributed by atoms with van der Waals surface area (Å²) in [4.78, 5) is 8.21. The summed E-state index contributed by atoms with van der Waals surface area (Å²) in [6.07, 6.45) is 4.75. The minimum Gasteiger partial charge on any atom is -0.397 e. The largest absolute Gasteiger partial charge is 0.397 e. The number of halogens is 1. The van der Waals surface area contributed by atoms with Crippen molar-refractivity contribution in [2.45, 2.75) is 13.8 Å². The van der Waals surface area contributed by atoms with Crippen molar-refractivity contribution in [2.75, 3.05) is 18.5 Å². The zero-order chi connectivity index (χ0) is 17.9. The highest BCUT2D eigenvalue weighted by Gasteiger charge is 2.15. The van der Waals surface area contributed by atoms with Crippen LogP contribution in [0.5, 0.6) is 0 Å². The van der Waals surface area contributed by atoms with Crippen LogP contribution in [0.4, 0.5) is 15.8 Å². The summed E-state index contributed by atoms with van der Waals surface area (Å²) in [5.74, 6) is 4.13. The van der Waals surface area contributed by atoms with Crippen LogP contribution < -0.4 is 22.7 Å². The first kappa shape index (κ1) is 17.6. The maximum absolute atomic E-state index is 14.6. The first-order valence-corrected chi connectivity index (χ1v) is 7.32. The van der Waals surface area contributed by atoms with Gasteiger partial charge in [-0.3, -0.25) is 21.2 Å². The normalized spacial score (nSPS) is 10.4. The van der Waals surface area contributed by atoms with Gasteiger partial charge >= 0.3 is 0 Å². The highest BCUT2D eigenvalue weighted by atomic mass is 19.1. The van der Waals surface area contributed by atoms with Gasteiger partial charge in [0.2, 0.25) is 0 Å². The lowest BCUT2D eigenvalue weighted by atomic mass is 9.97. The summed E-state index contributed by atoms with van der Waals surface area (Å²) in [5, 5.41) is 1.45. The number of aryl methyl sites for hydroxylation is 1. The van der Waals surface area contributed by atoms with E-state index in [2.05, 4.69) is 21.2 Å². The molecule has 126 valence electrons. The van der Waals surface area contributed by atoms with Crippen molar-refractivity contribution in [1.29, 1.82) is 0 Å². The van der Waals surface area contributed by atoms with E-state index >= 15 is 0 Å². The third-order valence-corrected chi connectivity index (χ3v) is 3.68. The Labute approximate surface area is 139 Å². The first-order chi connectivity index (χ1) is 11.4. The van der Waals surface area contributed by atoms with Gasteiger partial charge in [-0.25, -0.2) is 4.39 Å². The van der Waals surface area contributed by atoms with E-state index in [1.807, 2.05) is 19.9 Å². The van der Waals surface area contributed by atoms with E-state index in [0.29, 0.717) is 22.2 Å². The Morgan fingerprint density at radius 2 is 1.71 bits per heavy atom. The van der Waals surface area contributed by atoms with Crippen LogP contribution in [0.1, 0.15) is 11.3 Å². The van der Waals surface area contributed by atoms with Crippen molar-refractivity contribution in [2.24, 2.45) is 5.84 Å². The van der Waals surface area contributed by atoms with Gasteiger partial charge in [0, 0.05) is 34.6 Å². The summed E-state index contributed by atoms with van der Waals surface area (Å²) in [7, 11) is 1.65. The molecule has 7 N–H and O–H groups in total. The number of nitrogens with zero attached hydrogens (tertiary/aromatic N) is 2. The van der Waals surface area contributed by atoms with E-state index in [9.17, 15) is 4.39 Å². The first-order valence-electron chi connectivity index (χ1n) is 7.32. The topological polar surface area (TPSA) is 116 Å². The van der Waals surface area contributed by atoms with Crippen molar-refractivity contribution in [3.63, 3.8) is 0 Å². The van der Waals surface area contributed by atoms with Gasteiger partial charge in [0.15, 0.2) is 5.82 Å². The predicted octanol–water partition coefficient (Wildman–Crippen LogP) is 2.30. The average Bonchev–Trinajstić information content (AvgIpc) is 2.54. The summed E-state index contributed by atoms with van der Waals surface area (Å²) in [5.41, 5.74) is 17.3. The molecular weight excluding hydrogens is 307 g/mol. The lowest BCUT2D eigenvalue weighted by Gasteiger charge is -2.12. The van der Waals surface area contributed by atoms with Crippen LogP contribution in [0.3, 0.4) is 0 Å². The maximum atomic E-state index is 14.6. The molecule has 0 saturated carbocycles. The van der Waals surface area contributed by atoms with Gasteiger partial charge in [0.05, 0.1) is 17.6 Å². The number of nitrogens with two attached hydrogens (primary N) is 3. The number of anilines is 2. The highest BCUT2D eigenvalue weighted by molar-refractivity contribution is 5.97. The molecule has 0 aliphatic rings. The molecule has 2 aromatic heterocycles. The SMILES string of the molecule is CNN.Cc1cc2cc(-c3cncc(N)c3C)c(F)c(N)c2cn1. The van der Waals surface area contributed by atoms with Gasteiger partial charge in [-0.05, 0) is 44.0 Å².